The van der Waals surface area contributed by atoms with Gasteiger partial charge >= 0.3 is 0 Å². The second-order valence-corrected chi connectivity index (χ2v) is 9.25. The van der Waals surface area contributed by atoms with Crippen LogP contribution in [0.5, 0.6) is 0 Å². The second kappa shape index (κ2) is 7.97. The molecule has 0 bridgehead atoms. The SMILES string of the molecule is COC1CC(c2cccc(N3Cc4c(cc(CO)cc4N(C)C)C3=O)c2)(c2nncn2C)C1. The summed E-state index contributed by atoms with van der Waals surface area (Å²) in [6.45, 7) is 0.395. The van der Waals surface area contributed by atoms with E-state index in [0.717, 1.165) is 46.7 Å². The van der Waals surface area contributed by atoms with Gasteiger partial charge in [0.25, 0.3) is 5.91 Å². The Labute approximate surface area is 193 Å². The van der Waals surface area contributed by atoms with Gasteiger partial charge in [0.15, 0.2) is 0 Å². The van der Waals surface area contributed by atoms with Crippen molar-refractivity contribution in [1.82, 2.24) is 14.8 Å². The molecule has 1 fully saturated rings. The predicted octanol–water partition coefficient (Wildman–Crippen LogP) is 2.63. The molecule has 1 aliphatic carbocycles. The highest BCUT2D eigenvalue weighted by atomic mass is 16.5. The lowest BCUT2D eigenvalue weighted by molar-refractivity contribution is -0.00695. The normalized spacial score (nSPS) is 21.8. The van der Waals surface area contributed by atoms with E-state index >= 15 is 0 Å². The fraction of sp³-hybridized carbons (Fsp3) is 0.400. The van der Waals surface area contributed by atoms with E-state index in [1.807, 2.05) is 59.8 Å². The molecule has 0 unspecified atom stereocenters. The molecule has 1 N–H and O–H groups in total. The molecule has 172 valence electrons. The number of aromatic nitrogens is 3. The average Bonchev–Trinajstić information content (AvgIpc) is 3.36. The van der Waals surface area contributed by atoms with Gasteiger partial charge in [0.1, 0.15) is 12.2 Å². The summed E-state index contributed by atoms with van der Waals surface area (Å²) >= 11 is 0. The standard InChI is InChI=1S/C25H29N5O3/c1-28(2)22-9-16(14-31)8-20-21(22)13-30(23(20)32)18-7-5-6-17(10-18)25(11-19(12-25)33-4)24-27-26-15-29(24)3/h5-10,15,19,31H,11-14H2,1-4H3. The molecule has 2 aliphatic rings. The molecule has 8 heteroatoms. The Kier molecular flexibility index (Phi) is 5.22. The van der Waals surface area contributed by atoms with Crippen molar-refractivity contribution in [2.24, 2.45) is 7.05 Å². The van der Waals surface area contributed by atoms with Gasteiger partial charge in [-0.1, -0.05) is 12.1 Å². The quantitative estimate of drug-likeness (QED) is 0.626. The number of hydrogen-bond acceptors (Lipinski definition) is 6. The Hall–Kier alpha value is -3.23. The van der Waals surface area contributed by atoms with Crippen LogP contribution < -0.4 is 9.80 Å². The van der Waals surface area contributed by atoms with Crippen LogP contribution in [0.15, 0.2) is 42.7 Å². The van der Waals surface area contributed by atoms with Crippen LogP contribution >= 0.6 is 0 Å². The number of aliphatic hydroxyl groups excluding tert-OH is 1. The Morgan fingerprint density at radius 2 is 2.03 bits per heavy atom. The van der Waals surface area contributed by atoms with Crippen LogP contribution in [0.1, 0.15) is 45.7 Å². The smallest absolute Gasteiger partial charge is 0.259 e. The van der Waals surface area contributed by atoms with Crippen LogP contribution in [-0.4, -0.2) is 53.1 Å². The van der Waals surface area contributed by atoms with E-state index in [-0.39, 0.29) is 24.0 Å². The summed E-state index contributed by atoms with van der Waals surface area (Å²) < 4.78 is 7.57. The molecule has 3 aromatic rings. The Bertz CT molecular complexity index is 1210. The van der Waals surface area contributed by atoms with E-state index in [2.05, 4.69) is 22.3 Å². The van der Waals surface area contributed by atoms with Crippen LogP contribution in [0.2, 0.25) is 0 Å². The number of carbonyl (C=O) groups is 1. The number of nitrogens with zero attached hydrogens (tertiary/aromatic N) is 5. The number of fused-ring (bicyclic) bond motifs is 1. The fourth-order valence-electron chi connectivity index (χ4n) is 5.27. The molecule has 5 rings (SSSR count). The van der Waals surface area contributed by atoms with Crippen LogP contribution in [0.4, 0.5) is 11.4 Å². The van der Waals surface area contributed by atoms with Crippen molar-refractivity contribution in [3.05, 3.63) is 70.8 Å². The van der Waals surface area contributed by atoms with Crippen molar-refractivity contribution in [1.29, 1.82) is 0 Å². The summed E-state index contributed by atoms with van der Waals surface area (Å²) in [5.41, 5.74) is 5.00. The average molecular weight is 448 g/mol. The van der Waals surface area contributed by atoms with E-state index in [0.29, 0.717) is 12.1 Å². The summed E-state index contributed by atoms with van der Waals surface area (Å²) in [7, 11) is 7.62. The molecule has 0 saturated heterocycles. The molecule has 33 heavy (non-hydrogen) atoms. The highest BCUT2D eigenvalue weighted by Crippen LogP contribution is 2.50. The Balaban J connectivity index is 1.54. The third-order valence-corrected chi connectivity index (χ3v) is 7.08. The topological polar surface area (TPSA) is 83.7 Å². The largest absolute Gasteiger partial charge is 0.392 e. The fourth-order valence-corrected chi connectivity index (χ4v) is 5.27. The molecule has 0 atom stereocenters. The highest BCUT2D eigenvalue weighted by Gasteiger charge is 2.50. The lowest BCUT2D eigenvalue weighted by Gasteiger charge is -2.46. The highest BCUT2D eigenvalue weighted by molar-refractivity contribution is 6.11. The third kappa shape index (κ3) is 3.32. The van der Waals surface area contributed by atoms with Gasteiger partial charge in [-0.25, -0.2) is 0 Å². The maximum absolute atomic E-state index is 13.4. The zero-order valence-corrected chi connectivity index (χ0v) is 19.4. The summed E-state index contributed by atoms with van der Waals surface area (Å²) in [5.74, 6) is 0.864. The van der Waals surface area contributed by atoms with Crippen LogP contribution in [0.3, 0.4) is 0 Å². The number of amides is 1. The van der Waals surface area contributed by atoms with Gasteiger partial charge in [-0.2, -0.15) is 0 Å². The molecule has 2 aromatic carbocycles. The predicted molar refractivity (Wildman–Crippen MR) is 125 cm³/mol. The van der Waals surface area contributed by atoms with Crippen LogP contribution in [-0.2, 0) is 30.4 Å². The monoisotopic (exact) mass is 447 g/mol. The van der Waals surface area contributed by atoms with Crippen LogP contribution in [0, 0.1) is 0 Å². The molecule has 1 amide bonds. The zero-order valence-electron chi connectivity index (χ0n) is 19.4. The molecule has 1 aliphatic heterocycles. The number of rotatable bonds is 6. The number of benzene rings is 2. The first kappa shape index (κ1) is 21.6. The van der Waals surface area contributed by atoms with E-state index in [4.69, 9.17) is 4.74 Å². The van der Waals surface area contributed by atoms with Gasteiger partial charge in [0.2, 0.25) is 0 Å². The van der Waals surface area contributed by atoms with Crippen molar-refractivity contribution in [3.63, 3.8) is 0 Å². The number of aryl methyl sites for hydroxylation is 1. The summed E-state index contributed by atoms with van der Waals surface area (Å²) in [5, 5.41) is 18.2. The van der Waals surface area contributed by atoms with Gasteiger partial charge in [0.05, 0.1) is 24.7 Å². The van der Waals surface area contributed by atoms with Crippen LogP contribution in [0.25, 0.3) is 0 Å². The minimum Gasteiger partial charge on any atom is -0.392 e. The Morgan fingerprint density at radius 1 is 1.24 bits per heavy atom. The van der Waals surface area contributed by atoms with E-state index in [1.165, 1.54) is 0 Å². The first-order valence-electron chi connectivity index (χ1n) is 11.1. The second-order valence-electron chi connectivity index (χ2n) is 9.25. The van der Waals surface area contributed by atoms with Crippen molar-refractivity contribution in [2.45, 2.75) is 37.5 Å². The van der Waals surface area contributed by atoms with Crippen molar-refractivity contribution in [2.75, 3.05) is 31.0 Å². The third-order valence-electron chi connectivity index (χ3n) is 7.08. The number of anilines is 2. The first-order chi connectivity index (χ1) is 15.9. The molecule has 1 aromatic heterocycles. The lowest BCUT2D eigenvalue weighted by Crippen LogP contribution is -2.48. The Morgan fingerprint density at radius 3 is 2.67 bits per heavy atom. The van der Waals surface area contributed by atoms with Gasteiger partial charge in [-0.15, -0.1) is 10.2 Å². The van der Waals surface area contributed by atoms with Gasteiger partial charge in [-0.05, 0) is 48.2 Å². The van der Waals surface area contributed by atoms with Gasteiger partial charge < -0.3 is 24.2 Å². The zero-order chi connectivity index (χ0) is 23.3. The first-order valence-corrected chi connectivity index (χ1v) is 11.1. The van der Waals surface area contributed by atoms with Crippen molar-refractivity contribution < 1.29 is 14.6 Å². The molecular weight excluding hydrogens is 418 g/mol. The van der Waals surface area contributed by atoms with E-state index in [1.54, 1.807) is 13.4 Å². The summed E-state index contributed by atoms with van der Waals surface area (Å²) in [6, 6.07) is 12.0. The molecule has 2 heterocycles. The van der Waals surface area contributed by atoms with E-state index < -0.39 is 0 Å². The number of ether oxygens (including phenoxy) is 1. The number of hydrogen-bond donors (Lipinski definition) is 1. The lowest BCUT2D eigenvalue weighted by atomic mass is 9.62. The molecule has 8 nitrogen and oxygen atoms in total. The van der Waals surface area contributed by atoms with Gasteiger partial charge in [-0.3, -0.25) is 4.79 Å². The number of aliphatic hydroxyl groups is 1. The molecule has 0 spiro atoms. The van der Waals surface area contributed by atoms with E-state index in [9.17, 15) is 9.90 Å². The number of methoxy groups -OCH3 is 1. The minimum atomic E-state index is -0.295. The number of carbonyl (C=O) groups excluding carboxylic acids is 1. The minimum absolute atomic E-state index is 0.0448. The van der Waals surface area contributed by atoms with Gasteiger partial charge in [0, 0.05) is 50.8 Å². The van der Waals surface area contributed by atoms with Crippen molar-refractivity contribution in [3.8, 4) is 0 Å². The summed E-state index contributed by atoms with van der Waals surface area (Å²) in [6.07, 6.45) is 3.53. The van der Waals surface area contributed by atoms with Crippen molar-refractivity contribution >= 4 is 17.3 Å². The molecule has 0 radical (unpaired) electrons. The summed E-state index contributed by atoms with van der Waals surface area (Å²) in [4.78, 5) is 17.3. The maximum atomic E-state index is 13.4. The molecular formula is C25H29N5O3. The maximum Gasteiger partial charge on any atom is 0.259 e. The molecule has 1 saturated carbocycles.